The van der Waals surface area contributed by atoms with Crippen LogP contribution in [0.3, 0.4) is 0 Å². The highest BCUT2D eigenvalue weighted by Gasteiger charge is 2.19. The summed E-state index contributed by atoms with van der Waals surface area (Å²) in [5, 5.41) is 2.59. The van der Waals surface area contributed by atoms with Crippen molar-refractivity contribution in [3.05, 3.63) is 35.9 Å². The minimum atomic E-state index is -0.391. The van der Waals surface area contributed by atoms with Crippen LogP contribution in [-0.4, -0.2) is 18.7 Å². The fourth-order valence-corrected chi connectivity index (χ4v) is 1.15. The number of hydrogen-bond acceptors (Lipinski definition) is 2. The van der Waals surface area contributed by atoms with E-state index in [4.69, 9.17) is 4.74 Å². The third-order valence-electron chi connectivity index (χ3n) is 1.84. The number of rotatable bonds is 0. The quantitative estimate of drug-likeness (QED) is 0.619. The molecule has 70 valence electrons. The first kappa shape index (κ1) is 8.64. The molecule has 1 atom stereocenters. The van der Waals surface area contributed by atoms with Gasteiger partial charge in [0.2, 0.25) is 0 Å². The molecule has 2 rings (SSSR count). The van der Waals surface area contributed by atoms with Gasteiger partial charge in [-0.15, -0.1) is 0 Å². The summed E-state index contributed by atoms with van der Waals surface area (Å²) in [6, 6.07) is 9.45. The molecule has 1 aromatic carbocycles. The third kappa shape index (κ3) is 2.05. The fourth-order valence-electron chi connectivity index (χ4n) is 1.15. The highest BCUT2D eigenvalue weighted by molar-refractivity contribution is 5.70. The van der Waals surface area contributed by atoms with E-state index in [1.807, 2.05) is 30.3 Å². The molecule has 1 saturated heterocycles. The van der Waals surface area contributed by atoms with Crippen molar-refractivity contribution in [3.8, 4) is 11.8 Å². The maximum Gasteiger partial charge on any atom is 0.408 e. The van der Waals surface area contributed by atoms with Gasteiger partial charge in [-0.1, -0.05) is 30.0 Å². The summed E-state index contributed by atoms with van der Waals surface area (Å²) in [5.74, 6) is 5.88. The summed E-state index contributed by atoms with van der Waals surface area (Å²) in [5.41, 5.74) is 0.939. The van der Waals surface area contributed by atoms with E-state index < -0.39 is 6.09 Å². The zero-order valence-corrected chi connectivity index (χ0v) is 7.49. The monoisotopic (exact) mass is 187 g/mol. The van der Waals surface area contributed by atoms with Crippen molar-refractivity contribution in [3.63, 3.8) is 0 Å². The second-order valence-electron chi connectivity index (χ2n) is 2.93. The van der Waals surface area contributed by atoms with E-state index in [1.54, 1.807) is 0 Å². The maximum atomic E-state index is 10.7. The summed E-state index contributed by atoms with van der Waals surface area (Å²) in [6.07, 6.45) is -0.391. The van der Waals surface area contributed by atoms with Gasteiger partial charge in [0.05, 0.1) is 0 Å². The molecule has 0 spiro atoms. The van der Waals surface area contributed by atoms with Gasteiger partial charge in [0.25, 0.3) is 0 Å². The first-order valence-corrected chi connectivity index (χ1v) is 4.34. The lowest BCUT2D eigenvalue weighted by Gasteiger charge is -1.93. The van der Waals surface area contributed by atoms with Gasteiger partial charge in [0, 0.05) is 5.56 Å². The van der Waals surface area contributed by atoms with Crippen molar-refractivity contribution in [2.75, 3.05) is 6.61 Å². The number of ether oxygens (including phenoxy) is 1. The Balaban J connectivity index is 2.04. The smallest absolute Gasteiger partial charge is 0.408 e. The number of carbonyl (C=O) groups excluding carboxylic acids is 1. The Morgan fingerprint density at radius 3 is 2.79 bits per heavy atom. The Morgan fingerprint density at radius 1 is 1.36 bits per heavy atom. The predicted molar refractivity (Wildman–Crippen MR) is 51.6 cm³/mol. The van der Waals surface area contributed by atoms with Crippen molar-refractivity contribution < 1.29 is 9.53 Å². The number of carbonyl (C=O) groups is 1. The van der Waals surface area contributed by atoms with Crippen LogP contribution in [0.5, 0.6) is 0 Å². The largest absolute Gasteiger partial charge is 0.446 e. The molecule has 0 unspecified atom stereocenters. The number of alkyl carbamates (subject to hydrolysis) is 1. The Hall–Kier alpha value is -1.95. The highest BCUT2D eigenvalue weighted by atomic mass is 16.6. The Morgan fingerprint density at radius 2 is 2.14 bits per heavy atom. The van der Waals surface area contributed by atoms with Gasteiger partial charge < -0.3 is 10.1 Å². The molecule has 0 radical (unpaired) electrons. The average molecular weight is 187 g/mol. The summed E-state index contributed by atoms with van der Waals surface area (Å²) < 4.78 is 4.70. The van der Waals surface area contributed by atoms with Crippen molar-refractivity contribution in [2.24, 2.45) is 0 Å². The molecule has 0 bridgehead atoms. The Bertz CT molecular complexity index is 389. The second kappa shape index (κ2) is 3.84. The summed E-state index contributed by atoms with van der Waals surface area (Å²) in [6.45, 7) is 0.332. The second-order valence-corrected chi connectivity index (χ2v) is 2.93. The van der Waals surface area contributed by atoms with Crippen molar-refractivity contribution in [1.29, 1.82) is 0 Å². The van der Waals surface area contributed by atoms with Crippen molar-refractivity contribution >= 4 is 6.09 Å². The van der Waals surface area contributed by atoms with E-state index >= 15 is 0 Å². The van der Waals surface area contributed by atoms with Crippen LogP contribution < -0.4 is 5.32 Å². The van der Waals surface area contributed by atoms with E-state index in [0.29, 0.717) is 6.61 Å². The van der Waals surface area contributed by atoms with E-state index in [0.717, 1.165) is 5.56 Å². The normalized spacial score (nSPS) is 19.1. The molecule has 1 heterocycles. The third-order valence-corrected chi connectivity index (χ3v) is 1.84. The number of nitrogens with one attached hydrogen (secondary N) is 1. The van der Waals surface area contributed by atoms with Gasteiger partial charge >= 0.3 is 6.09 Å². The lowest BCUT2D eigenvalue weighted by atomic mass is 10.2. The number of benzene rings is 1. The molecular formula is C11H9NO2. The molecular weight excluding hydrogens is 178 g/mol. The topological polar surface area (TPSA) is 38.3 Å². The van der Waals surface area contributed by atoms with Crippen LogP contribution in [0, 0.1) is 11.8 Å². The number of hydrogen-bond donors (Lipinski definition) is 1. The Labute approximate surface area is 82.1 Å². The molecule has 0 aromatic heterocycles. The van der Waals surface area contributed by atoms with Gasteiger partial charge in [-0.2, -0.15) is 0 Å². The van der Waals surface area contributed by atoms with Gasteiger partial charge in [-0.05, 0) is 12.1 Å². The summed E-state index contributed by atoms with van der Waals surface area (Å²) in [4.78, 5) is 10.7. The first-order chi connectivity index (χ1) is 6.84. The molecule has 1 aliphatic heterocycles. The standard InChI is InChI=1S/C11H9NO2/c13-11-12-10(8-14-11)7-6-9-4-2-1-3-5-9/h1-5,10H,8H2,(H,12,13)/t10-/m1/s1. The fraction of sp³-hybridized carbons (Fsp3) is 0.182. The Kier molecular flexibility index (Phi) is 2.37. The van der Waals surface area contributed by atoms with Gasteiger partial charge in [0.1, 0.15) is 12.6 Å². The molecule has 3 heteroatoms. The lowest BCUT2D eigenvalue weighted by Crippen LogP contribution is -2.24. The molecule has 1 aliphatic rings. The highest BCUT2D eigenvalue weighted by Crippen LogP contribution is 1.98. The van der Waals surface area contributed by atoms with E-state index in [-0.39, 0.29) is 6.04 Å². The van der Waals surface area contributed by atoms with Crippen molar-refractivity contribution in [1.82, 2.24) is 5.32 Å². The molecule has 14 heavy (non-hydrogen) atoms. The van der Waals surface area contributed by atoms with Crippen LogP contribution >= 0.6 is 0 Å². The van der Waals surface area contributed by atoms with Gasteiger partial charge in [0.15, 0.2) is 0 Å². The zero-order chi connectivity index (χ0) is 9.80. The van der Waals surface area contributed by atoms with Crippen LogP contribution in [-0.2, 0) is 4.74 Å². The van der Waals surface area contributed by atoms with E-state index in [1.165, 1.54) is 0 Å². The lowest BCUT2D eigenvalue weighted by molar-refractivity contribution is 0.177. The van der Waals surface area contributed by atoms with Gasteiger partial charge in [-0.25, -0.2) is 4.79 Å². The molecule has 1 fully saturated rings. The van der Waals surface area contributed by atoms with Crippen LogP contribution in [0.15, 0.2) is 30.3 Å². The van der Waals surface area contributed by atoms with Crippen molar-refractivity contribution in [2.45, 2.75) is 6.04 Å². The number of amides is 1. The molecule has 3 nitrogen and oxygen atoms in total. The summed E-state index contributed by atoms with van der Waals surface area (Å²) >= 11 is 0. The SMILES string of the molecule is O=C1N[C@H](C#Cc2ccccc2)CO1. The first-order valence-electron chi connectivity index (χ1n) is 4.34. The minimum absolute atomic E-state index is 0.178. The van der Waals surface area contributed by atoms with Crippen LogP contribution in [0.4, 0.5) is 4.79 Å². The summed E-state index contributed by atoms with van der Waals surface area (Å²) in [7, 11) is 0. The minimum Gasteiger partial charge on any atom is -0.446 e. The average Bonchev–Trinajstić information content (AvgIpc) is 2.63. The number of cyclic esters (lactones) is 1. The van der Waals surface area contributed by atoms with Crippen LogP contribution in [0.25, 0.3) is 0 Å². The van der Waals surface area contributed by atoms with Gasteiger partial charge in [-0.3, -0.25) is 0 Å². The molecule has 0 saturated carbocycles. The maximum absolute atomic E-state index is 10.7. The molecule has 1 amide bonds. The van der Waals surface area contributed by atoms with E-state index in [2.05, 4.69) is 17.2 Å². The predicted octanol–water partition coefficient (Wildman–Crippen LogP) is 1.15. The molecule has 1 N–H and O–H groups in total. The van der Waals surface area contributed by atoms with E-state index in [9.17, 15) is 4.79 Å². The van der Waals surface area contributed by atoms with Crippen LogP contribution in [0.1, 0.15) is 5.56 Å². The molecule has 1 aromatic rings. The zero-order valence-electron chi connectivity index (χ0n) is 7.49. The van der Waals surface area contributed by atoms with Crippen LogP contribution in [0.2, 0.25) is 0 Å². The molecule has 0 aliphatic carbocycles.